The number of hydrogen-bond acceptors (Lipinski definition) is 4. The van der Waals surface area contributed by atoms with Crippen LogP contribution in [0.2, 0.25) is 5.02 Å². The summed E-state index contributed by atoms with van der Waals surface area (Å²) in [7, 11) is -1.93. The minimum Gasteiger partial charge on any atom is -0.481 e. The number of rotatable bonds is 6. The van der Waals surface area contributed by atoms with Crippen molar-refractivity contribution in [1.82, 2.24) is 0 Å². The molecule has 8 heteroatoms. The van der Waals surface area contributed by atoms with Crippen molar-refractivity contribution in [1.29, 1.82) is 0 Å². The van der Waals surface area contributed by atoms with Crippen LogP contribution in [0.15, 0.2) is 48.5 Å². The Kier molecular flexibility index (Phi) is 5.92. The molecule has 1 N–H and O–H groups in total. The molecule has 0 spiro atoms. The van der Waals surface area contributed by atoms with Crippen molar-refractivity contribution < 1.29 is 17.9 Å². The molecule has 0 aliphatic heterocycles. The summed E-state index contributed by atoms with van der Waals surface area (Å²) in [5.74, 6) is 0.173. The lowest BCUT2D eigenvalue weighted by Gasteiger charge is -2.18. The van der Waals surface area contributed by atoms with Gasteiger partial charge < -0.3 is 10.1 Å². The van der Waals surface area contributed by atoms with Gasteiger partial charge in [-0.1, -0.05) is 17.7 Å². The maximum absolute atomic E-state index is 12.3. The van der Waals surface area contributed by atoms with Crippen LogP contribution in [0.25, 0.3) is 0 Å². The first-order chi connectivity index (χ1) is 11.7. The Morgan fingerprint density at radius 3 is 2.44 bits per heavy atom. The standard InChI is InChI=1S/C17H19ClN2O4S/c1-12(24-16-9-7-13(18)8-10-16)17(21)19-14-5-4-6-15(11-14)20(2)25(3,22)23/h4-12H,1-3H3,(H,19,21)/t12-/m1/s1. The molecule has 0 saturated heterocycles. The SMILES string of the molecule is C[C@@H](Oc1ccc(Cl)cc1)C(=O)Nc1cccc(N(C)S(C)(=O)=O)c1. The van der Waals surface area contributed by atoms with Crippen LogP contribution in [-0.4, -0.2) is 33.7 Å². The molecule has 6 nitrogen and oxygen atoms in total. The highest BCUT2D eigenvalue weighted by atomic mass is 35.5. The van der Waals surface area contributed by atoms with Gasteiger partial charge in [0.25, 0.3) is 5.91 Å². The Morgan fingerprint density at radius 1 is 1.20 bits per heavy atom. The largest absolute Gasteiger partial charge is 0.481 e. The number of nitrogens with one attached hydrogen (secondary N) is 1. The zero-order valence-electron chi connectivity index (χ0n) is 14.1. The molecule has 2 rings (SSSR count). The molecular weight excluding hydrogens is 364 g/mol. The number of carbonyl (C=O) groups is 1. The van der Waals surface area contributed by atoms with Crippen LogP contribution in [0.1, 0.15) is 6.92 Å². The van der Waals surface area contributed by atoms with Crippen LogP contribution >= 0.6 is 11.6 Å². The van der Waals surface area contributed by atoms with Gasteiger partial charge in [0.05, 0.1) is 11.9 Å². The van der Waals surface area contributed by atoms with E-state index in [1.807, 2.05) is 0 Å². The van der Waals surface area contributed by atoms with Crippen molar-refractivity contribution in [2.45, 2.75) is 13.0 Å². The van der Waals surface area contributed by atoms with Crippen molar-refractivity contribution >= 4 is 38.9 Å². The zero-order valence-corrected chi connectivity index (χ0v) is 15.6. The van der Waals surface area contributed by atoms with Crippen molar-refractivity contribution in [3.8, 4) is 5.75 Å². The van der Waals surface area contributed by atoms with E-state index < -0.39 is 16.1 Å². The summed E-state index contributed by atoms with van der Waals surface area (Å²) in [6, 6.07) is 13.3. The van der Waals surface area contributed by atoms with Gasteiger partial charge in [0, 0.05) is 17.8 Å². The normalized spacial score (nSPS) is 12.3. The average Bonchev–Trinajstić information content (AvgIpc) is 2.55. The van der Waals surface area contributed by atoms with Gasteiger partial charge in [-0.25, -0.2) is 8.42 Å². The molecule has 134 valence electrons. The van der Waals surface area contributed by atoms with Gasteiger partial charge >= 0.3 is 0 Å². The van der Waals surface area contributed by atoms with Gasteiger partial charge in [-0.3, -0.25) is 9.10 Å². The Bertz CT molecular complexity index is 853. The highest BCUT2D eigenvalue weighted by Crippen LogP contribution is 2.21. The fourth-order valence-electron chi connectivity index (χ4n) is 1.99. The first kappa shape index (κ1) is 19.1. The van der Waals surface area contributed by atoms with Crippen molar-refractivity contribution in [3.05, 3.63) is 53.6 Å². The topological polar surface area (TPSA) is 75.7 Å². The second-order valence-electron chi connectivity index (χ2n) is 5.48. The molecule has 25 heavy (non-hydrogen) atoms. The van der Waals surface area contributed by atoms with Gasteiger partial charge in [0.1, 0.15) is 5.75 Å². The van der Waals surface area contributed by atoms with E-state index in [4.69, 9.17) is 16.3 Å². The highest BCUT2D eigenvalue weighted by Gasteiger charge is 2.16. The molecule has 0 saturated carbocycles. The molecule has 2 aromatic carbocycles. The van der Waals surface area contributed by atoms with E-state index in [2.05, 4.69) is 5.32 Å². The van der Waals surface area contributed by atoms with E-state index in [9.17, 15) is 13.2 Å². The zero-order chi connectivity index (χ0) is 18.6. The summed E-state index contributed by atoms with van der Waals surface area (Å²) in [6.45, 7) is 1.62. The second-order valence-corrected chi connectivity index (χ2v) is 7.93. The minimum atomic E-state index is -3.38. The Morgan fingerprint density at radius 2 is 1.84 bits per heavy atom. The van der Waals surface area contributed by atoms with Crippen molar-refractivity contribution in [2.24, 2.45) is 0 Å². The Labute approximate surface area is 152 Å². The molecule has 0 aliphatic rings. The van der Waals surface area contributed by atoms with Crippen molar-refractivity contribution in [3.63, 3.8) is 0 Å². The Balaban J connectivity index is 2.06. The molecule has 0 heterocycles. The predicted octanol–water partition coefficient (Wildman–Crippen LogP) is 3.14. The number of ether oxygens (including phenoxy) is 1. The summed E-state index contributed by atoms with van der Waals surface area (Å²) in [5.41, 5.74) is 0.927. The number of carbonyl (C=O) groups excluding carboxylic acids is 1. The van der Waals surface area contributed by atoms with Gasteiger partial charge in [0.2, 0.25) is 10.0 Å². The summed E-state index contributed by atoms with van der Waals surface area (Å²) < 4.78 is 29.9. The second kappa shape index (κ2) is 7.76. The van der Waals surface area contributed by atoms with Crippen LogP contribution in [0.4, 0.5) is 11.4 Å². The van der Waals surface area contributed by atoms with Crippen LogP contribution in [0, 0.1) is 0 Å². The third kappa shape index (κ3) is 5.37. The monoisotopic (exact) mass is 382 g/mol. The number of hydrogen-bond donors (Lipinski definition) is 1. The fourth-order valence-corrected chi connectivity index (χ4v) is 2.61. The van der Waals surface area contributed by atoms with Crippen LogP contribution in [0.5, 0.6) is 5.75 Å². The molecule has 0 aliphatic carbocycles. The van der Waals surface area contributed by atoms with Crippen LogP contribution in [0.3, 0.4) is 0 Å². The van der Waals surface area contributed by atoms with Gasteiger partial charge in [-0.05, 0) is 49.4 Å². The lowest BCUT2D eigenvalue weighted by molar-refractivity contribution is -0.122. The number of nitrogens with zero attached hydrogens (tertiary/aromatic N) is 1. The van der Waals surface area contributed by atoms with Crippen molar-refractivity contribution in [2.75, 3.05) is 22.9 Å². The lowest BCUT2D eigenvalue weighted by atomic mass is 10.2. The molecule has 2 aromatic rings. The third-order valence-corrected chi connectivity index (χ3v) is 4.93. The Hall–Kier alpha value is -2.25. The number of halogens is 1. The molecule has 0 radical (unpaired) electrons. The maximum Gasteiger partial charge on any atom is 0.265 e. The smallest absolute Gasteiger partial charge is 0.265 e. The van der Waals surface area contributed by atoms with Gasteiger partial charge in [0.15, 0.2) is 6.10 Å². The predicted molar refractivity (Wildman–Crippen MR) is 99.9 cm³/mol. The summed E-state index contributed by atoms with van der Waals surface area (Å²) >= 11 is 5.81. The summed E-state index contributed by atoms with van der Waals surface area (Å²) in [4.78, 5) is 12.3. The fraction of sp³-hybridized carbons (Fsp3) is 0.235. The lowest BCUT2D eigenvalue weighted by Crippen LogP contribution is -2.30. The van der Waals surface area contributed by atoms with E-state index >= 15 is 0 Å². The minimum absolute atomic E-state index is 0.353. The van der Waals surface area contributed by atoms with E-state index in [1.54, 1.807) is 55.5 Å². The number of amides is 1. The molecule has 0 aromatic heterocycles. The summed E-state index contributed by atoms with van der Waals surface area (Å²) in [6.07, 6.45) is 0.373. The van der Waals surface area contributed by atoms with E-state index in [0.29, 0.717) is 22.1 Å². The highest BCUT2D eigenvalue weighted by molar-refractivity contribution is 7.92. The first-order valence-electron chi connectivity index (χ1n) is 7.44. The third-order valence-electron chi connectivity index (χ3n) is 3.47. The van der Waals surface area contributed by atoms with Crippen LogP contribution < -0.4 is 14.4 Å². The maximum atomic E-state index is 12.3. The number of sulfonamides is 1. The number of anilines is 2. The first-order valence-corrected chi connectivity index (χ1v) is 9.66. The molecule has 0 unspecified atom stereocenters. The van der Waals surface area contributed by atoms with E-state index in [0.717, 1.165) is 10.6 Å². The summed E-state index contributed by atoms with van der Waals surface area (Å²) in [5, 5.41) is 3.29. The molecule has 1 atom stereocenters. The number of benzene rings is 2. The van der Waals surface area contributed by atoms with Gasteiger partial charge in [-0.2, -0.15) is 0 Å². The average molecular weight is 383 g/mol. The van der Waals surface area contributed by atoms with E-state index in [-0.39, 0.29) is 5.91 Å². The van der Waals surface area contributed by atoms with Crippen LogP contribution in [-0.2, 0) is 14.8 Å². The molecule has 1 amide bonds. The molecule has 0 bridgehead atoms. The quantitative estimate of drug-likeness (QED) is 0.832. The molecule has 0 fully saturated rings. The molecular formula is C17H19ClN2O4S. The van der Waals surface area contributed by atoms with E-state index in [1.165, 1.54) is 7.05 Å². The van der Waals surface area contributed by atoms with Gasteiger partial charge in [-0.15, -0.1) is 0 Å².